The predicted molar refractivity (Wildman–Crippen MR) is 69.1 cm³/mol. The molecule has 2 nitrogen and oxygen atoms in total. The van der Waals surface area contributed by atoms with Gasteiger partial charge in [-0.3, -0.25) is 0 Å². The molecule has 1 unspecified atom stereocenters. The first-order valence-electron chi connectivity index (χ1n) is 4.76. The van der Waals surface area contributed by atoms with E-state index in [4.69, 9.17) is 4.74 Å². The van der Waals surface area contributed by atoms with E-state index in [9.17, 15) is 5.11 Å². The van der Waals surface area contributed by atoms with Gasteiger partial charge in [-0.2, -0.15) is 0 Å². The third-order valence-corrected chi connectivity index (χ3v) is 3.86. The summed E-state index contributed by atoms with van der Waals surface area (Å²) in [4.78, 5) is 0. The van der Waals surface area contributed by atoms with Crippen molar-refractivity contribution in [2.24, 2.45) is 0 Å². The highest BCUT2D eigenvalue weighted by molar-refractivity contribution is 9.11. The van der Waals surface area contributed by atoms with E-state index in [2.05, 4.69) is 15.9 Å². The van der Waals surface area contributed by atoms with Crippen LogP contribution in [0.25, 0.3) is 0 Å². The number of aliphatic hydroxyl groups excluding tert-OH is 1. The summed E-state index contributed by atoms with van der Waals surface area (Å²) in [7, 11) is 1.63. The molecule has 0 amide bonds. The van der Waals surface area contributed by atoms with Crippen LogP contribution in [0.5, 0.6) is 5.75 Å². The molecule has 0 saturated carbocycles. The molecule has 1 aromatic carbocycles. The van der Waals surface area contributed by atoms with Crippen LogP contribution in [0, 0.1) is 0 Å². The normalized spacial score (nSPS) is 12.4. The van der Waals surface area contributed by atoms with E-state index in [-0.39, 0.29) is 0 Å². The molecule has 0 spiro atoms. The van der Waals surface area contributed by atoms with Crippen LogP contribution < -0.4 is 4.74 Å². The van der Waals surface area contributed by atoms with E-state index in [0.29, 0.717) is 0 Å². The summed E-state index contributed by atoms with van der Waals surface area (Å²) in [5.74, 6) is 0.794. The van der Waals surface area contributed by atoms with Crippen molar-refractivity contribution < 1.29 is 9.84 Å². The second kappa shape index (κ2) is 4.99. The van der Waals surface area contributed by atoms with Crippen LogP contribution in [0.3, 0.4) is 0 Å². The summed E-state index contributed by atoms with van der Waals surface area (Å²) in [5, 5.41) is 12.1. The highest BCUT2D eigenvalue weighted by atomic mass is 79.9. The summed E-state index contributed by atoms with van der Waals surface area (Å²) in [6.07, 6.45) is -0.576. The Bertz CT molecular complexity index is 464. The van der Waals surface area contributed by atoms with Crippen molar-refractivity contribution in [2.45, 2.75) is 6.10 Å². The van der Waals surface area contributed by atoms with Crippen LogP contribution in [-0.4, -0.2) is 12.2 Å². The molecule has 2 aromatic rings. The topological polar surface area (TPSA) is 29.5 Å². The highest BCUT2D eigenvalue weighted by Crippen LogP contribution is 2.29. The lowest BCUT2D eigenvalue weighted by molar-refractivity contribution is 0.220. The third-order valence-electron chi connectivity index (χ3n) is 2.34. The van der Waals surface area contributed by atoms with Gasteiger partial charge in [0.15, 0.2) is 0 Å². The zero-order valence-electron chi connectivity index (χ0n) is 8.68. The SMILES string of the molecule is COc1ccc(C(O)c2csc(Br)c2)cc1. The van der Waals surface area contributed by atoms with Crippen LogP contribution in [0.2, 0.25) is 0 Å². The lowest BCUT2D eigenvalue weighted by atomic mass is 10.0. The number of thiophene rings is 1. The summed E-state index contributed by atoms with van der Waals surface area (Å²) in [6, 6.07) is 9.36. The van der Waals surface area contributed by atoms with Crippen LogP contribution in [0.1, 0.15) is 17.2 Å². The van der Waals surface area contributed by atoms with Crippen molar-refractivity contribution in [3.8, 4) is 5.75 Å². The maximum Gasteiger partial charge on any atom is 0.118 e. The fraction of sp³-hybridized carbons (Fsp3) is 0.167. The van der Waals surface area contributed by atoms with Crippen molar-refractivity contribution in [1.29, 1.82) is 0 Å². The Morgan fingerprint density at radius 2 is 1.94 bits per heavy atom. The minimum Gasteiger partial charge on any atom is -0.497 e. The number of ether oxygens (including phenoxy) is 1. The van der Waals surface area contributed by atoms with Crippen molar-refractivity contribution in [3.05, 3.63) is 50.6 Å². The standard InChI is InChI=1S/C12H11BrO2S/c1-15-10-4-2-8(3-5-10)12(14)9-6-11(13)16-7-9/h2-7,12,14H,1H3. The molecule has 0 aliphatic heterocycles. The zero-order chi connectivity index (χ0) is 11.5. The Morgan fingerprint density at radius 1 is 1.25 bits per heavy atom. The lowest BCUT2D eigenvalue weighted by Crippen LogP contribution is -1.97. The number of hydrogen-bond donors (Lipinski definition) is 1. The third kappa shape index (κ3) is 2.45. The van der Waals surface area contributed by atoms with E-state index >= 15 is 0 Å². The van der Waals surface area contributed by atoms with Gasteiger partial charge in [0.05, 0.1) is 10.9 Å². The predicted octanol–water partition coefficient (Wildman–Crippen LogP) is 3.60. The second-order valence-electron chi connectivity index (χ2n) is 3.36. The number of rotatable bonds is 3. The Kier molecular flexibility index (Phi) is 3.63. The molecule has 0 aliphatic carbocycles. The fourth-order valence-electron chi connectivity index (χ4n) is 1.45. The average Bonchev–Trinajstić information content (AvgIpc) is 2.75. The van der Waals surface area contributed by atoms with Crippen molar-refractivity contribution in [2.75, 3.05) is 7.11 Å². The summed E-state index contributed by atoms with van der Waals surface area (Å²) < 4.78 is 6.09. The van der Waals surface area contributed by atoms with Gasteiger partial charge in [0.2, 0.25) is 0 Å². The highest BCUT2D eigenvalue weighted by Gasteiger charge is 2.11. The Balaban J connectivity index is 2.23. The maximum atomic E-state index is 10.1. The number of halogens is 1. The largest absolute Gasteiger partial charge is 0.497 e. The van der Waals surface area contributed by atoms with Gasteiger partial charge in [-0.1, -0.05) is 12.1 Å². The van der Waals surface area contributed by atoms with Gasteiger partial charge in [-0.15, -0.1) is 11.3 Å². The number of aliphatic hydroxyl groups is 1. The molecule has 0 aliphatic rings. The molecule has 1 atom stereocenters. The molecule has 2 rings (SSSR count). The molecule has 16 heavy (non-hydrogen) atoms. The summed E-state index contributed by atoms with van der Waals surface area (Å²) in [6.45, 7) is 0. The summed E-state index contributed by atoms with van der Waals surface area (Å²) >= 11 is 4.95. The first-order valence-corrected chi connectivity index (χ1v) is 6.44. The molecule has 84 valence electrons. The Morgan fingerprint density at radius 3 is 2.44 bits per heavy atom. The van der Waals surface area contributed by atoms with Crippen LogP contribution in [0.4, 0.5) is 0 Å². The van der Waals surface area contributed by atoms with E-state index in [1.807, 2.05) is 35.7 Å². The summed E-state index contributed by atoms with van der Waals surface area (Å²) in [5.41, 5.74) is 1.77. The monoisotopic (exact) mass is 298 g/mol. The minimum atomic E-state index is -0.576. The molecule has 0 radical (unpaired) electrons. The van der Waals surface area contributed by atoms with Gasteiger partial charge in [0.25, 0.3) is 0 Å². The number of hydrogen-bond acceptors (Lipinski definition) is 3. The van der Waals surface area contributed by atoms with Gasteiger partial charge < -0.3 is 9.84 Å². The van der Waals surface area contributed by atoms with Crippen molar-refractivity contribution in [3.63, 3.8) is 0 Å². The molecule has 0 fully saturated rings. The first-order chi connectivity index (χ1) is 7.70. The molecule has 1 aromatic heterocycles. The van der Waals surface area contributed by atoms with Gasteiger partial charge >= 0.3 is 0 Å². The van der Waals surface area contributed by atoms with Crippen LogP contribution in [-0.2, 0) is 0 Å². The quantitative estimate of drug-likeness (QED) is 0.938. The van der Waals surface area contributed by atoms with Crippen LogP contribution >= 0.6 is 27.3 Å². The number of methoxy groups -OCH3 is 1. The molecule has 1 N–H and O–H groups in total. The van der Waals surface area contributed by atoms with Crippen molar-refractivity contribution in [1.82, 2.24) is 0 Å². The molecule has 0 saturated heterocycles. The minimum absolute atomic E-state index is 0.576. The molecule has 0 bridgehead atoms. The average molecular weight is 299 g/mol. The maximum absolute atomic E-state index is 10.1. The van der Waals surface area contributed by atoms with Gasteiger partial charge in [0, 0.05) is 0 Å². The van der Waals surface area contributed by atoms with Crippen molar-refractivity contribution >= 4 is 27.3 Å². The molecular formula is C12H11BrO2S. The second-order valence-corrected chi connectivity index (χ2v) is 5.65. The lowest BCUT2D eigenvalue weighted by Gasteiger charge is -2.09. The van der Waals surface area contributed by atoms with Crippen LogP contribution in [0.15, 0.2) is 39.5 Å². The molecule has 4 heteroatoms. The fourth-order valence-corrected chi connectivity index (χ4v) is 2.64. The van der Waals surface area contributed by atoms with Gasteiger partial charge in [0.1, 0.15) is 11.9 Å². The van der Waals surface area contributed by atoms with E-state index in [1.54, 1.807) is 18.4 Å². The number of benzene rings is 1. The smallest absolute Gasteiger partial charge is 0.118 e. The van der Waals surface area contributed by atoms with E-state index in [1.165, 1.54) is 0 Å². The van der Waals surface area contributed by atoms with E-state index < -0.39 is 6.10 Å². The van der Waals surface area contributed by atoms with Gasteiger partial charge in [-0.05, 0) is 50.6 Å². The Hall–Kier alpha value is -0.840. The Labute approximate surface area is 107 Å². The van der Waals surface area contributed by atoms with E-state index in [0.717, 1.165) is 20.7 Å². The molecular weight excluding hydrogens is 288 g/mol. The van der Waals surface area contributed by atoms with Gasteiger partial charge in [-0.25, -0.2) is 0 Å². The first kappa shape index (κ1) is 11.6. The molecule has 1 heterocycles. The zero-order valence-corrected chi connectivity index (χ0v) is 11.1.